The van der Waals surface area contributed by atoms with Gasteiger partial charge in [-0.15, -0.1) is 0 Å². The smallest absolute Gasteiger partial charge is 0.0482 e. The molecule has 0 aliphatic carbocycles. The molecular formula is C19H32ClNO. The molecule has 22 heavy (non-hydrogen) atoms. The molecule has 1 unspecified atom stereocenters. The fourth-order valence-electron chi connectivity index (χ4n) is 2.90. The summed E-state index contributed by atoms with van der Waals surface area (Å²) in [5, 5.41) is 10.5. The number of hydrogen-bond acceptors (Lipinski definition) is 2. The second-order valence-electron chi connectivity index (χ2n) is 8.18. The normalized spacial score (nSPS) is 16.6. The molecule has 3 N–H and O–H groups in total. The predicted octanol–water partition coefficient (Wildman–Crippen LogP) is 4.76. The van der Waals surface area contributed by atoms with Crippen LogP contribution in [0.2, 0.25) is 5.02 Å². The number of nitrogens with two attached hydrogens (primary N) is 1. The highest BCUT2D eigenvalue weighted by Crippen LogP contribution is 2.34. The number of aliphatic hydroxyl groups is 1. The molecule has 0 radical (unpaired) electrons. The summed E-state index contributed by atoms with van der Waals surface area (Å²) in [5.41, 5.74) is 8.40. The molecule has 2 nitrogen and oxygen atoms in total. The van der Waals surface area contributed by atoms with Crippen LogP contribution in [-0.4, -0.2) is 11.7 Å². The van der Waals surface area contributed by atoms with E-state index in [1.54, 1.807) is 0 Å². The van der Waals surface area contributed by atoms with Crippen LogP contribution >= 0.6 is 11.6 Å². The molecule has 0 aliphatic rings. The maximum Gasteiger partial charge on any atom is 0.0482 e. The van der Waals surface area contributed by atoms with Crippen LogP contribution in [0.25, 0.3) is 0 Å². The summed E-state index contributed by atoms with van der Waals surface area (Å²) >= 11 is 6.47. The van der Waals surface area contributed by atoms with Crippen LogP contribution in [0, 0.1) is 17.3 Å². The van der Waals surface area contributed by atoms with Gasteiger partial charge in [-0.05, 0) is 48.3 Å². The third-order valence-electron chi connectivity index (χ3n) is 4.59. The zero-order valence-electron chi connectivity index (χ0n) is 14.9. The van der Waals surface area contributed by atoms with Gasteiger partial charge < -0.3 is 10.8 Å². The summed E-state index contributed by atoms with van der Waals surface area (Å²) in [6.07, 6.45) is 2.06. The van der Waals surface area contributed by atoms with E-state index < -0.39 is 5.54 Å². The molecule has 2 atom stereocenters. The highest BCUT2D eigenvalue weighted by molar-refractivity contribution is 6.31. The second kappa shape index (κ2) is 7.33. The molecule has 0 amide bonds. The fourth-order valence-corrected chi connectivity index (χ4v) is 3.18. The average molecular weight is 326 g/mol. The van der Waals surface area contributed by atoms with Gasteiger partial charge in [0.05, 0.1) is 0 Å². The van der Waals surface area contributed by atoms with E-state index in [0.29, 0.717) is 11.3 Å². The summed E-state index contributed by atoms with van der Waals surface area (Å²) in [4.78, 5) is 0. The maximum atomic E-state index is 9.68. The lowest BCUT2D eigenvalue weighted by molar-refractivity contribution is 0.120. The van der Waals surface area contributed by atoms with E-state index in [4.69, 9.17) is 17.3 Å². The van der Waals surface area contributed by atoms with Crippen molar-refractivity contribution in [1.29, 1.82) is 0 Å². The summed E-state index contributed by atoms with van der Waals surface area (Å²) in [6, 6.07) is 6.13. The molecule has 0 heterocycles. The molecule has 1 aromatic rings. The van der Waals surface area contributed by atoms with Crippen molar-refractivity contribution < 1.29 is 5.11 Å². The van der Waals surface area contributed by atoms with Crippen LogP contribution < -0.4 is 5.73 Å². The topological polar surface area (TPSA) is 46.2 Å². The van der Waals surface area contributed by atoms with Crippen LogP contribution in [0.5, 0.6) is 0 Å². The van der Waals surface area contributed by atoms with E-state index in [-0.39, 0.29) is 12.5 Å². The first-order chi connectivity index (χ1) is 9.99. The van der Waals surface area contributed by atoms with Gasteiger partial charge in [-0.1, -0.05) is 58.4 Å². The third kappa shape index (κ3) is 4.97. The highest BCUT2D eigenvalue weighted by atomic mass is 35.5. The lowest BCUT2D eigenvalue weighted by Gasteiger charge is -2.36. The lowest BCUT2D eigenvalue weighted by atomic mass is 9.75. The van der Waals surface area contributed by atoms with Crippen molar-refractivity contribution in [2.75, 3.05) is 6.61 Å². The van der Waals surface area contributed by atoms with Gasteiger partial charge >= 0.3 is 0 Å². The van der Waals surface area contributed by atoms with Gasteiger partial charge in [0.15, 0.2) is 0 Å². The van der Waals surface area contributed by atoms with Crippen molar-refractivity contribution in [1.82, 2.24) is 0 Å². The first-order valence-corrected chi connectivity index (χ1v) is 8.55. The van der Waals surface area contributed by atoms with Crippen LogP contribution in [-0.2, 0) is 12.0 Å². The largest absolute Gasteiger partial charge is 0.396 e. The Morgan fingerprint density at radius 2 is 1.77 bits per heavy atom. The number of aliphatic hydroxyl groups excluding tert-OH is 1. The number of rotatable bonds is 6. The summed E-state index contributed by atoms with van der Waals surface area (Å²) in [5.74, 6) is 0.309. The molecule has 0 saturated carbocycles. The fraction of sp³-hybridized carbons (Fsp3) is 0.684. The molecule has 0 saturated heterocycles. The number of halogens is 1. The molecular weight excluding hydrogens is 294 g/mol. The molecule has 3 heteroatoms. The van der Waals surface area contributed by atoms with E-state index in [1.807, 2.05) is 13.0 Å². The minimum Gasteiger partial charge on any atom is -0.396 e. The molecule has 0 fully saturated rings. The Balaban J connectivity index is 3.01. The Bertz CT molecular complexity index is 489. The monoisotopic (exact) mass is 325 g/mol. The summed E-state index contributed by atoms with van der Waals surface area (Å²) < 4.78 is 0. The van der Waals surface area contributed by atoms with Crippen LogP contribution in [0.4, 0.5) is 0 Å². The van der Waals surface area contributed by atoms with Gasteiger partial charge in [0.1, 0.15) is 0 Å². The summed E-state index contributed by atoms with van der Waals surface area (Å²) in [7, 11) is 0. The van der Waals surface area contributed by atoms with Crippen molar-refractivity contribution >= 4 is 11.6 Å². The van der Waals surface area contributed by atoms with Crippen molar-refractivity contribution in [3.63, 3.8) is 0 Å². The molecule has 0 spiro atoms. The van der Waals surface area contributed by atoms with Crippen molar-refractivity contribution in [2.45, 2.75) is 59.9 Å². The van der Waals surface area contributed by atoms with E-state index in [9.17, 15) is 5.11 Å². The van der Waals surface area contributed by atoms with Gasteiger partial charge in [-0.2, -0.15) is 0 Å². The minimum atomic E-state index is -0.588. The number of benzene rings is 1. The zero-order valence-corrected chi connectivity index (χ0v) is 15.7. The SMILES string of the molecule is CC(C)[C@@H](CO)C(C)(N)c1ccc(CCC(C)(C)C)c(Cl)c1. The van der Waals surface area contributed by atoms with E-state index in [1.165, 1.54) is 5.56 Å². The van der Waals surface area contributed by atoms with Gasteiger partial charge in [0, 0.05) is 23.1 Å². The van der Waals surface area contributed by atoms with Gasteiger partial charge in [0.25, 0.3) is 0 Å². The summed E-state index contributed by atoms with van der Waals surface area (Å²) in [6.45, 7) is 12.9. The first kappa shape index (κ1) is 19.5. The van der Waals surface area contributed by atoms with Crippen molar-refractivity contribution in [3.05, 3.63) is 34.3 Å². The van der Waals surface area contributed by atoms with Crippen LogP contribution in [0.15, 0.2) is 18.2 Å². The Morgan fingerprint density at radius 3 is 2.18 bits per heavy atom. The molecule has 126 valence electrons. The maximum absolute atomic E-state index is 9.68. The molecule has 1 aromatic carbocycles. The Labute approximate surface area is 141 Å². The zero-order chi connectivity index (χ0) is 17.1. The van der Waals surface area contributed by atoms with Crippen LogP contribution in [0.3, 0.4) is 0 Å². The van der Waals surface area contributed by atoms with E-state index in [0.717, 1.165) is 23.4 Å². The Hall–Kier alpha value is -0.570. The standard InChI is InChI=1S/C19H32ClNO/c1-13(2)16(12-22)19(6,21)15-8-7-14(17(20)11-15)9-10-18(3,4)5/h7-8,11,13,16,22H,9-10,12,21H2,1-6H3/t16-,19?/m1/s1. The van der Waals surface area contributed by atoms with Crippen molar-refractivity contribution in [2.24, 2.45) is 23.0 Å². The lowest BCUT2D eigenvalue weighted by Crippen LogP contribution is -2.45. The number of aryl methyl sites for hydroxylation is 1. The number of hydrogen-bond donors (Lipinski definition) is 2. The third-order valence-corrected chi connectivity index (χ3v) is 4.94. The van der Waals surface area contributed by atoms with Crippen molar-refractivity contribution in [3.8, 4) is 0 Å². The molecule has 1 rings (SSSR count). The van der Waals surface area contributed by atoms with Gasteiger partial charge in [-0.3, -0.25) is 0 Å². The van der Waals surface area contributed by atoms with Gasteiger partial charge in [0.2, 0.25) is 0 Å². The Kier molecular flexibility index (Phi) is 6.49. The first-order valence-electron chi connectivity index (χ1n) is 8.17. The second-order valence-corrected chi connectivity index (χ2v) is 8.59. The van der Waals surface area contributed by atoms with E-state index >= 15 is 0 Å². The van der Waals surface area contributed by atoms with E-state index in [2.05, 4.69) is 46.8 Å². The molecule has 0 bridgehead atoms. The highest BCUT2D eigenvalue weighted by Gasteiger charge is 2.34. The Morgan fingerprint density at radius 1 is 1.18 bits per heavy atom. The predicted molar refractivity (Wildman–Crippen MR) is 96.2 cm³/mol. The molecule has 0 aliphatic heterocycles. The molecule has 0 aromatic heterocycles. The van der Waals surface area contributed by atoms with Gasteiger partial charge in [-0.25, -0.2) is 0 Å². The minimum absolute atomic E-state index is 0.00370. The van der Waals surface area contributed by atoms with Crippen LogP contribution in [0.1, 0.15) is 59.1 Å². The average Bonchev–Trinajstić information content (AvgIpc) is 2.36. The quantitative estimate of drug-likeness (QED) is 0.792.